The van der Waals surface area contributed by atoms with E-state index in [0.717, 1.165) is 43.6 Å². The zero-order chi connectivity index (χ0) is 57.1. The summed E-state index contributed by atoms with van der Waals surface area (Å²) in [7, 11) is 0. The first-order valence-electron chi connectivity index (χ1n) is 23.7. The van der Waals surface area contributed by atoms with Crippen molar-refractivity contribution in [3.63, 3.8) is 0 Å². The van der Waals surface area contributed by atoms with E-state index in [9.17, 15) is 69.1 Å². The summed E-state index contributed by atoms with van der Waals surface area (Å²) < 4.78 is 144. The van der Waals surface area contributed by atoms with Crippen molar-refractivity contribution in [1.82, 2.24) is 20.5 Å². The van der Waals surface area contributed by atoms with Gasteiger partial charge >= 0.3 is 23.9 Å². The van der Waals surface area contributed by atoms with Gasteiger partial charge in [-0.3, -0.25) is 24.1 Å². The van der Waals surface area contributed by atoms with Crippen LogP contribution in [0.1, 0.15) is 69.8 Å². The summed E-state index contributed by atoms with van der Waals surface area (Å²) in [5.74, 6) is -20.2. The van der Waals surface area contributed by atoms with Gasteiger partial charge in [-0.2, -0.15) is 44.8 Å². The van der Waals surface area contributed by atoms with Crippen molar-refractivity contribution in [2.45, 2.75) is 109 Å². The SMILES string of the molecule is Cc1ncsc1-c1ccc(CNC(=O)[C@@H]2C[C@@H](O)CN2C(=O)[C@@H](NC(=O)COCC(F)(F)C(F)(F)C(F)(F)COCCCOc2ccc(N3C(=S)N(c4ccc(C#N)c(C(F)(F)F)c4)C(=O)C3(C)C)cc2)C(C)(C)C)cc1. The third-order valence-corrected chi connectivity index (χ3v) is 13.9. The maximum Gasteiger partial charge on any atom is 0.417 e. The van der Waals surface area contributed by atoms with Crippen molar-refractivity contribution in [1.29, 1.82) is 5.26 Å². The maximum atomic E-state index is 14.8. The Morgan fingerprint density at radius 3 is 2.13 bits per heavy atom. The molecule has 0 unspecified atom stereocenters. The number of anilines is 2. The number of aromatic nitrogens is 1. The molecule has 6 rings (SSSR count). The molecular weight excluding hydrogens is 1070 g/mol. The zero-order valence-electron chi connectivity index (χ0n) is 42.3. The van der Waals surface area contributed by atoms with Gasteiger partial charge in [-0.05, 0) is 92.0 Å². The van der Waals surface area contributed by atoms with Crippen LogP contribution in [-0.2, 0) is 41.4 Å². The quantitative estimate of drug-likeness (QED) is 0.0412. The van der Waals surface area contributed by atoms with Gasteiger partial charge in [0.25, 0.3) is 5.91 Å². The van der Waals surface area contributed by atoms with Gasteiger partial charge in [0.05, 0.1) is 58.3 Å². The molecule has 1 aromatic heterocycles. The molecule has 2 aliphatic heterocycles. The summed E-state index contributed by atoms with van der Waals surface area (Å²) in [5, 5.41) is 24.5. The van der Waals surface area contributed by atoms with Crippen LogP contribution in [0.2, 0.25) is 0 Å². The van der Waals surface area contributed by atoms with E-state index < -0.39 is 114 Å². The number of thiocarbonyl (C=S) groups is 1. The Bertz CT molecular complexity index is 2860. The van der Waals surface area contributed by atoms with Crippen molar-refractivity contribution < 1.29 is 78.0 Å². The van der Waals surface area contributed by atoms with Crippen molar-refractivity contribution in [3.8, 4) is 22.3 Å². The minimum atomic E-state index is -6.04. The number of carbonyl (C=O) groups excluding carboxylic acids is 4. The lowest BCUT2D eigenvalue weighted by atomic mass is 9.85. The first-order chi connectivity index (χ1) is 35.8. The number of hydrogen-bond donors (Lipinski definition) is 3. The summed E-state index contributed by atoms with van der Waals surface area (Å²) in [6.07, 6.45) is -6.35. The van der Waals surface area contributed by atoms with Crippen LogP contribution in [0.4, 0.5) is 50.9 Å². The fourth-order valence-electron chi connectivity index (χ4n) is 8.41. The van der Waals surface area contributed by atoms with Crippen molar-refractivity contribution in [2.24, 2.45) is 5.41 Å². The molecule has 77 heavy (non-hydrogen) atoms. The molecule has 416 valence electrons. The summed E-state index contributed by atoms with van der Waals surface area (Å²) >= 11 is 7.00. The van der Waals surface area contributed by atoms with E-state index in [1.165, 1.54) is 81.2 Å². The van der Waals surface area contributed by atoms with E-state index in [1.807, 2.05) is 31.2 Å². The monoisotopic (exact) mass is 1130 g/mol. The Kier molecular flexibility index (Phi) is 18.1. The summed E-state index contributed by atoms with van der Waals surface area (Å²) in [4.78, 5) is 62.3. The Labute approximate surface area is 446 Å². The second kappa shape index (κ2) is 23.3. The van der Waals surface area contributed by atoms with Gasteiger partial charge in [0.2, 0.25) is 17.7 Å². The number of rotatable bonds is 21. The topological polar surface area (TPSA) is 187 Å². The fourth-order valence-corrected chi connectivity index (χ4v) is 9.74. The third-order valence-electron chi connectivity index (χ3n) is 12.6. The average molecular weight is 1130 g/mol. The number of alkyl halides is 9. The number of benzene rings is 3. The lowest BCUT2D eigenvalue weighted by Crippen LogP contribution is -2.59. The number of amides is 4. The number of likely N-dealkylation sites (tertiary alicyclic amines) is 1. The molecule has 0 radical (unpaired) electrons. The average Bonchev–Trinajstić information content (AvgIpc) is 4.02. The van der Waals surface area contributed by atoms with Crippen LogP contribution < -0.4 is 25.2 Å². The number of nitrogens with zero attached hydrogens (tertiary/aromatic N) is 5. The van der Waals surface area contributed by atoms with Crippen LogP contribution in [0.5, 0.6) is 5.75 Å². The number of halogens is 9. The number of carbonyl (C=O) groups is 4. The van der Waals surface area contributed by atoms with Crippen LogP contribution in [-0.4, -0.2) is 125 Å². The minimum absolute atomic E-state index is 0.0744. The molecule has 0 bridgehead atoms. The normalized spacial score (nSPS) is 17.6. The maximum absolute atomic E-state index is 14.8. The second-order valence-electron chi connectivity index (χ2n) is 19.8. The van der Waals surface area contributed by atoms with Gasteiger partial charge in [-0.1, -0.05) is 45.0 Å². The number of β-amino-alcohol motifs (C(OH)–C–C–N with tert-alkyl or cyclic N) is 1. The number of aliphatic hydroxyl groups excluding tert-OH is 1. The molecule has 0 aliphatic carbocycles. The number of nitriles is 1. The lowest BCUT2D eigenvalue weighted by Gasteiger charge is -2.35. The molecule has 3 heterocycles. The standard InChI is InChI=1S/C51H54F9N7O8S2/c1-29-40(77-28-63-29)31-10-8-30(9-11-31)23-62-42(70)38-21-35(68)24-65(38)43(71)41(46(2,3)4)64-39(69)25-74-27-49(54,55)51(59,60)48(52,53)26-73-18-7-19-75-36-16-14-33(15-17-36)67-45(76)66(44(72)47(67,5)6)34-13-12-32(22-61)37(20-34)50(56,57)58/h8-17,20,28,35,38,41,68H,7,18-19,21,23-27H2,1-6H3,(H,62,70)(H,64,69)/t35-,38+,41-/m1/s1. The largest absolute Gasteiger partial charge is 0.494 e. The van der Waals surface area contributed by atoms with E-state index in [4.69, 9.17) is 17.0 Å². The van der Waals surface area contributed by atoms with Crippen molar-refractivity contribution in [2.75, 3.05) is 49.4 Å². The zero-order valence-corrected chi connectivity index (χ0v) is 43.9. The first-order valence-corrected chi connectivity index (χ1v) is 25.0. The predicted octanol–water partition coefficient (Wildman–Crippen LogP) is 8.44. The lowest BCUT2D eigenvalue weighted by molar-refractivity contribution is -0.328. The number of hydrogen-bond acceptors (Lipinski definition) is 12. The van der Waals surface area contributed by atoms with E-state index >= 15 is 0 Å². The minimum Gasteiger partial charge on any atom is -0.494 e. The molecule has 3 N–H and O–H groups in total. The molecule has 2 aliphatic rings. The first kappa shape index (κ1) is 59.8. The highest BCUT2D eigenvalue weighted by Gasteiger charge is 2.71. The molecule has 26 heteroatoms. The van der Waals surface area contributed by atoms with Gasteiger partial charge in [-0.15, -0.1) is 11.3 Å². The fraction of sp³-hybridized carbons (Fsp3) is 0.471. The number of aryl methyl sites for hydroxylation is 1. The second-order valence-corrected chi connectivity index (χ2v) is 21.0. The summed E-state index contributed by atoms with van der Waals surface area (Å²) in [5.41, 5.74) is -0.0447. The molecule has 3 aromatic carbocycles. The highest BCUT2D eigenvalue weighted by atomic mass is 32.1. The van der Waals surface area contributed by atoms with Crippen LogP contribution in [0.3, 0.4) is 0 Å². The molecule has 0 saturated carbocycles. The Morgan fingerprint density at radius 2 is 1.55 bits per heavy atom. The molecule has 4 aromatic rings. The van der Waals surface area contributed by atoms with Gasteiger partial charge in [-0.25, -0.2) is 4.98 Å². The van der Waals surface area contributed by atoms with E-state index in [-0.39, 0.29) is 49.1 Å². The van der Waals surface area contributed by atoms with Gasteiger partial charge in [0, 0.05) is 31.6 Å². The highest BCUT2D eigenvalue weighted by Crippen LogP contribution is 2.46. The molecule has 3 atom stereocenters. The Hall–Kier alpha value is -6.40. The Morgan fingerprint density at radius 1 is 0.922 bits per heavy atom. The van der Waals surface area contributed by atoms with Crippen LogP contribution in [0, 0.1) is 23.7 Å². The van der Waals surface area contributed by atoms with Crippen LogP contribution in [0.25, 0.3) is 10.4 Å². The van der Waals surface area contributed by atoms with E-state index in [2.05, 4.69) is 25.1 Å². The third kappa shape index (κ3) is 13.3. The molecule has 2 fully saturated rings. The van der Waals surface area contributed by atoms with Crippen molar-refractivity contribution in [3.05, 3.63) is 94.6 Å². The van der Waals surface area contributed by atoms with Crippen LogP contribution >= 0.6 is 23.6 Å². The number of aliphatic hydroxyl groups is 1. The molecule has 15 nitrogen and oxygen atoms in total. The number of nitrogens with one attached hydrogen (secondary N) is 2. The smallest absolute Gasteiger partial charge is 0.417 e. The van der Waals surface area contributed by atoms with Gasteiger partial charge in [0.1, 0.15) is 43.2 Å². The molecule has 2 saturated heterocycles. The number of thiazole rings is 1. The summed E-state index contributed by atoms with van der Waals surface area (Å²) in [6.45, 7) is 2.49. The highest BCUT2D eigenvalue weighted by molar-refractivity contribution is 7.81. The van der Waals surface area contributed by atoms with Gasteiger partial charge < -0.3 is 39.8 Å². The van der Waals surface area contributed by atoms with Gasteiger partial charge in [0.15, 0.2) is 5.11 Å². The summed E-state index contributed by atoms with van der Waals surface area (Å²) in [6, 6.07) is 14.7. The molecule has 0 spiro atoms. The number of ether oxygens (including phenoxy) is 3. The predicted molar refractivity (Wildman–Crippen MR) is 267 cm³/mol. The van der Waals surface area contributed by atoms with E-state index in [1.54, 1.807) is 5.51 Å². The molecular formula is C51H54F9N7O8S2. The van der Waals surface area contributed by atoms with Crippen LogP contribution in [0.15, 0.2) is 72.2 Å². The van der Waals surface area contributed by atoms with E-state index in [0.29, 0.717) is 11.8 Å². The molecule has 4 amide bonds. The van der Waals surface area contributed by atoms with Crippen molar-refractivity contribution >= 4 is 63.7 Å². The Balaban J connectivity index is 0.945.